The van der Waals surface area contributed by atoms with Crippen molar-refractivity contribution in [2.45, 2.75) is 38.1 Å². The van der Waals surface area contributed by atoms with E-state index < -0.39 is 17.9 Å². The van der Waals surface area contributed by atoms with Gasteiger partial charge in [-0.05, 0) is 53.6 Å². The fraction of sp³-hybridized carbons (Fsp3) is 0.346. The highest BCUT2D eigenvalue weighted by Crippen LogP contribution is 2.41. The van der Waals surface area contributed by atoms with E-state index in [-0.39, 0.29) is 23.4 Å². The van der Waals surface area contributed by atoms with Crippen molar-refractivity contribution in [3.05, 3.63) is 65.4 Å². The van der Waals surface area contributed by atoms with Crippen LogP contribution in [0.5, 0.6) is 5.75 Å². The first kappa shape index (κ1) is 23.9. The number of aromatic amines is 1. The van der Waals surface area contributed by atoms with Gasteiger partial charge in [-0.3, -0.25) is 9.59 Å². The van der Waals surface area contributed by atoms with Crippen LogP contribution in [-0.2, 0) is 27.2 Å². The monoisotopic (exact) mass is 480 g/mol. The number of nitrogens with one attached hydrogen (secondary N) is 2. The van der Waals surface area contributed by atoms with Gasteiger partial charge in [-0.25, -0.2) is 4.79 Å². The molecule has 0 radical (unpaired) electrons. The zero-order valence-electron chi connectivity index (χ0n) is 19.2. The Bertz CT molecular complexity index is 1220. The summed E-state index contributed by atoms with van der Waals surface area (Å²) in [6, 6.07) is 12.4. The summed E-state index contributed by atoms with van der Waals surface area (Å²) in [5, 5.41) is 13.5. The maximum atomic E-state index is 13.5. The Morgan fingerprint density at radius 3 is 2.76 bits per heavy atom. The number of hydrogen-bond donors (Lipinski definition) is 3. The second-order valence-corrected chi connectivity index (χ2v) is 9.78. The summed E-state index contributed by atoms with van der Waals surface area (Å²) in [6.45, 7) is 1.47. The number of fused-ring (bicyclic) bond motifs is 2. The van der Waals surface area contributed by atoms with E-state index in [2.05, 4.69) is 10.3 Å². The maximum Gasteiger partial charge on any atom is 0.326 e. The second kappa shape index (κ2) is 10.3. The smallest absolute Gasteiger partial charge is 0.326 e. The molecule has 0 saturated heterocycles. The first-order valence-corrected chi connectivity index (χ1v) is 12.2. The minimum absolute atomic E-state index is 0.0739. The number of hydrogen-bond acceptors (Lipinski definition) is 5. The van der Waals surface area contributed by atoms with Gasteiger partial charge in [0.25, 0.3) is 0 Å². The van der Waals surface area contributed by atoms with Crippen molar-refractivity contribution in [1.29, 1.82) is 0 Å². The molecule has 0 aliphatic heterocycles. The SMILES string of the molecule is COc1ccc2c(c1)C(C(CSC(C)=O)C(=O)NC(Cc1c[nH]c3ccccc13)C(=O)O)CC2. The van der Waals surface area contributed by atoms with Crippen LogP contribution in [0, 0.1) is 5.92 Å². The Hall–Kier alpha value is -3.26. The minimum Gasteiger partial charge on any atom is -0.497 e. The van der Waals surface area contributed by atoms with Crippen molar-refractivity contribution >= 4 is 39.7 Å². The van der Waals surface area contributed by atoms with E-state index in [1.807, 2.05) is 42.5 Å². The van der Waals surface area contributed by atoms with E-state index >= 15 is 0 Å². The number of H-pyrrole nitrogens is 1. The Morgan fingerprint density at radius 1 is 1.24 bits per heavy atom. The number of thioether (sulfide) groups is 1. The zero-order chi connectivity index (χ0) is 24.2. The number of rotatable bonds is 9. The molecule has 1 aliphatic rings. The first-order valence-electron chi connectivity index (χ1n) is 11.3. The molecule has 3 aromatic rings. The number of ether oxygens (including phenoxy) is 1. The minimum atomic E-state index is -1.09. The lowest BCUT2D eigenvalue weighted by Crippen LogP contribution is -2.46. The molecule has 3 unspecified atom stereocenters. The summed E-state index contributed by atoms with van der Waals surface area (Å²) >= 11 is 1.10. The third-order valence-electron chi connectivity index (χ3n) is 6.48. The number of carboxylic acid groups (broad SMARTS) is 1. The fourth-order valence-corrected chi connectivity index (χ4v) is 5.54. The number of benzene rings is 2. The van der Waals surface area contributed by atoms with Crippen molar-refractivity contribution in [3.8, 4) is 5.75 Å². The summed E-state index contributed by atoms with van der Waals surface area (Å²) in [5.74, 6) is -1.08. The quantitative estimate of drug-likeness (QED) is 0.429. The van der Waals surface area contributed by atoms with Crippen molar-refractivity contribution < 1.29 is 24.2 Å². The van der Waals surface area contributed by atoms with Crippen LogP contribution in [0.4, 0.5) is 0 Å². The van der Waals surface area contributed by atoms with Gasteiger partial charge < -0.3 is 20.1 Å². The van der Waals surface area contributed by atoms with Crippen molar-refractivity contribution in [1.82, 2.24) is 10.3 Å². The average molecular weight is 481 g/mol. The topological polar surface area (TPSA) is 108 Å². The molecule has 0 saturated carbocycles. The molecular formula is C26H28N2O5S. The number of para-hydroxylation sites is 1. The Labute approximate surface area is 202 Å². The molecule has 0 spiro atoms. The van der Waals surface area contributed by atoms with Crippen LogP contribution in [0.25, 0.3) is 10.9 Å². The molecule has 178 valence electrons. The van der Waals surface area contributed by atoms with Crippen molar-refractivity contribution in [3.63, 3.8) is 0 Å². The van der Waals surface area contributed by atoms with Gasteiger partial charge in [0.15, 0.2) is 5.12 Å². The largest absolute Gasteiger partial charge is 0.497 e. The molecule has 1 amide bonds. The normalized spacial score (nSPS) is 16.6. The van der Waals surface area contributed by atoms with Crippen LogP contribution in [0.15, 0.2) is 48.7 Å². The van der Waals surface area contributed by atoms with Gasteiger partial charge in [-0.15, -0.1) is 0 Å². The van der Waals surface area contributed by atoms with Crippen LogP contribution in [-0.4, -0.2) is 46.0 Å². The lowest BCUT2D eigenvalue weighted by Gasteiger charge is -2.25. The highest BCUT2D eigenvalue weighted by molar-refractivity contribution is 8.13. The number of carboxylic acids is 1. The highest BCUT2D eigenvalue weighted by Gasteiger charge is 2.36. The van der Waals surface area contributed by atoms with E-state index in [0.717, 1.165) is 52.2 Å². The molecule has 8 heteroatoms. The number of carbonyl (C=O) groups is 3. The van der Waals surface area contributed by atoms with Crippen molar-refractivity contribution in [2.24, 2.45) is 5.92 Å². The highest BCUT2D eigenvalue weighted by atomic mass is 32.2. The molecular weight excluding hydrogens is 452 g/mol. The van der Waals surface area contributed by atoms with E-state index in [1.165, 1.54) is 6.92 Å². The number of aromatic nitrogens is 1. The number of methoxy groups -OCH3 is 1. The molecule has 0 bridgehead atoms. The molecule has 3 N–H and O–H groups in total. The lowest BCUT2D eigenvalue weighted by molar-refractivity contribution is -0.142. The van der Waals surface area contributed by atoms with Gasteiger partial charge in [0.05, 0.1) is 13.0 Å². The third kappa shape index (κ3) is 5.12. The third-order valence-corrected chi connectivity index (χ3v) is 7.41. The average Bonchev–Trinajstić information content (AvgIpc) is 3.42. The predicted octanol–water partition coefficient (Wildman–Crippen LogP) is 3.91. The Morgan fingerprint density at radius 2 is 2.03 bits per heavy atom. The van der Waals surface area contributed by atoms with E-state index in [0.29, 0.717) is 11.5 Å². The van der Waals surface area contributed by atoms with Crippen LogP contribution in [0.2, 0.25) is 0 Å². The Kier molecular flexibility index (Phi) is 7.26. The van der Waals surface area contributed by atoms with Crippen LogP contribution in [0.1, 0.15) is 36.0 Å². The van der Waals surface area contributed by atoms with Gasteiger partial charge in [0, 0.05) is 36.2 Å². The summed E-state index contributed by atoms with van der Waals surface area (Å²) in [4.78, 5) is 40.4. The van der Waals surface area contributed by atoms with Crippen LogP contribution >= 0.6 is 11.8 Å². The molecule has 1 aromatic heterocycles. The molecule has 0 fully saturated rings. The molecule has 34 heavy (non-hydrogen) atoms. The molecule has 1 aliphatic carbocycles. The summed E-state index contributed by atoms with van der Waals surface area (Å²) in [7, 11) is 1.60. The molecule has 1 heterocycles. The van der Waals surface area contributed by atoms with E-state index in [1.54, 1.807) is 13.3 Å². The van der Waals surface area contributed by atoms with Gasteiger partial charge in [0.2, 0.25) is 5.91 Å². The number of carbonyl (C=O) groups excluding carboxylic acids is 2. The molecule has 7 nitrogen and oxygen atoms in total. The van der Waals surface area contributed by atoms with Crippen LogP contribution < -0.4 is 10.1 Å². The number of aryl methyl sites for hydroxylation is 1. The zero-order valence-corrected chi connectivity index (χ0v) is 20.0. The molecule has 2 aromatic carbocycles. The first-order chi connectivity index (χ1) is 16.4. The summed E-state index contributed by atoms with van der Waals surface area (Å²) < 4.78 is 5.38. The van der Waals surface area contributed by atoms with E-state index in [9.17, 15) is 19.5 Å². The summed E-state index contributed by atoms with van der Waals surface area (Å²) in [6.07, 6.45) is 3.54. The standard InChI is InChI=1S/C26H28N2O5S/c1-15(29)34-14-22(20-10-8-16-7-9-18(33-2)12-21(16)20)25(30)28-24(26(31)32)11-17-13-27-23-6-4-3-5-19(17)23/h3-7,9,12-13,20,22,24,27H,8,10-11,14H2,1-2H3,(H,28,30)(H,31,32). The number of amides is 1. The predicted molar refractivity (Wildman–Crippen MR) is 132 cm³/mol. The molecule has 3 atom stereocenters. The fourth-order valence-electron chi connectivity index (χ4n) is 4.74. The van der Waals surface area contributed by atoms with Gasteiger partial charge in [0.1, 0.15) is 11.8 Å². The van der Waals surface area contributed by atoms with E-state index in [4.69, 9.17) is 4.74 Å². The molecule has 4 rings (SSSR count). The maximum absolute atomic E-state index is 13.5. The second-order valence-electron chi connectivity index (χ2n) is 8.58. The van der Waals surface area contributed by atoms with Crippen LogP contribution in [0.3, 0.4) is 0 Å². The van der Waals surface area contributed by atoms with Gasteiger partial charge in [-0.1, -0.05) is 36.0 Å². The van der Waals surface area contributed by atoms with Gasteiger partial charge >= 0.3 is 5.97 Å². The number of aliphatic carboxylic acids is 1. The summed E-state index contributed by atoms with van der Waals surface area (Å²) in [5.41, 5.74) is 3.94. The lowest BCUT2D eigenvalue weighted by atomic mass is 9.87. The van der Waals surface area contributed by atoms with Crippen molar-refractivity contribution in [2.75, 3.05) is 12.9 Å². The Balaban J connectivity index is 1.57. The van der Waals surface area contributed by atoms with Gasteiger partial charge in [-0.2, -0.15) is 0 Å².